The van der Waals surface area contributed by atoms with Crippen molar-refractivity contribution in [2.45, 2.75) is 6.42 Å². The van der Waals surface area contributed by atoms with Gasteiger partial charge in [-0.05, 0) is 18.2 Å². The number of hydrogen-bond acceptors (Lipinski definition) is 3. The minimum atomic E-state index is -0.339. The number of nitrogens with zero attached hydrogens (tertiary/aromatic N) is 1. The molecule has 1 aliphatic rings. The highest BCUT2D eigenvalue weighted by molar-refractivity contribution is 5.77. The van der Waals surface area contributed by atoms with Gasteiger partial charge in [-0.1, -0.05) is 0 Å². The Morgan fingerprint density at radius 2 is 2.19 bits per heavy atom. The molecular formula is C11H14FN3O. The molecule has 3 N–H and O–H groups in total. The van der Waals surface area contributed by atoms with Gasteiger partial charge in [0, 0.05) is 31.7 Å². The number of benzene rings is 1. The fraction of sp³-hybridized carbons (Fsp3) is 0.364. The summed E-state index contributed by atoms with van der Waals surface area (Å²) in [7, 11) is 0. The van der Waals surface area contributed by atoms with Gasteiger partial charge in [0.2, 0.25) is 5.91 Å². The van der Waals surface area contributed by atoms with E-state index in [1.165, 1.54) is 6.07 Å². The molecule has 1 saturated heterocycles. The number of rotatable bonds is 1. The van der Waals surface area contributed by atoms with Gasteiger partial charge >= 0.3 is 0 Å². The lowest BCUT2D eigenvalue weighted by Gasteiger charge is -2.22. The van der Waals surface area contributed by atoms with Gasteiger partial charge in [0.15, 0.2) is 0 Å². The van der Waals surface area contributed by atoms with E-state index in [0.717, 1.165) is 0 Å². The topological polar surface area (TPSA) is 58.4 Å². The van der Waals surface area contributed by atoms with Gasteiger partial charge in [-0.3, -0.25) is 4.79 Å². The van der Waals surface area contributed by atoms with Gasteiger partial charge in [-0.2, -0.15) is 0 Å². The van der Waals surface area contributed by atoms with Crippen LogP contribution < -0.4 is 16.0 Å². The van der Waals surface area contributed by atoms with Crippen molar-refractivity contribution >= 4 is 17.3 Å². The number of amides is 1. The van der Waals surface area contributed by atoms with Crippen molar-refractivity contribution in [2.24, 2.45) is 0 Å². The first-order valence-corrected chi connectivity index (χ1v) is 5.23. The highest BCUT2D eigenvalue weighted by Gasteiger charge is 2.16. The second kappa shape index (κ2) is 4.38. The first-order chi connectivity index (χ1) is 7.66. The average Bonchev–Trinajstić information content (AvgIpc) is 2.43. The average molecular weight is 223 g/mol. The third-order valence-corrected chi connectivity index (χ3v) is 2.63. The molecule has 1 aromatic rings. The zero-order valence-corrected chi connectivity index (χ0v) is 8.87. The molecule has 0 saturated carbocycles. The summed E-state index contributed by atoms with van der Waals surface area (Å²) in [6.45, 7) is 1.70. The fourth-order valence-electron chi connectivity index (χ4n) is 1.79. The first kappa shape index (κ1) is 10.7. The summed E-state index contributed by atoms with van der Waals surface area (Å²) >= 11 is 0. The summed E-state index contributed by atoms with van der Waals surface area (Å²) in [5, 5.41) is 2.75. The molecule has 2 rings (SSSR count). The Balaban J connectivity index is 2.19. The van der Waals surface area contributed by atoms with Crippen LogP contribution in [0.2, 0.25) is 0 Å². The molecule has 1 heterocycles. The van der Waals surface area contributed by atoms with E-state index in [0.29, 0.717) is 37.4 Å². The number of halogens is 1. The second-order valence-corrected chi connectivity index (χ2v) is 3.80. The van der Waals surface area contributed by atoms with E-state index >= 15 is 0 Å². The molecule has 0 atom stereocenters. The molecular weight excluding hydrogens is 209 g/mol. The quantitative estimate of drug-likeness (QED) is 0.690. The molecule has 1 fully saturated rings. The van der Waals surface area contributed by atoms with Gasteiger partial charge in [0.1, 0.15) is 5.82 Å². The van der Waals surface area contributed by atoms with Gasteiger partial charge in [0.05, 0.1) is 5.69 Å². The SMILES string of the molecule is Nc1ccc(N2CCNC(=O)CC2)c(F)c1. The lowest BCUT2D eigenvalue weighted by Crippen LogP contribution is -2.29. The number of hydrogen-bond donors (Lipinski definition) is 2. The Morgan fingerprint density at radius 1 is 1.38 bits per heavy atom. The minimum Gasteiger partial charge on any atom is -0.399 e. The van der Waals surface area contributed by atoms with Crippen LogP contribution in [0.15, 0.2) is 18.2 Å². The predicted molar refractivity (Wildman–Crippen MR) is 60.7 cm³/mol. The lowest BCUT2D eigenvalue weighted by molar-refractivity contribution is -0.120. The molecule has 4 nitrogen and oxygen atoms in total. The minimum absolute atomic E-state index is 0.0124. The van der Waals surface area contributed by atoms with E-state index in [-0.39, 0.29) is 11.7 Å². The Hall–Kier alpha value is -1.78. The maximum atomic E-state index is 13.6. The molecule has 0 spiro atoms. The number of nitrogens with two attached hydrogens (primary N) is 1. The normalized spacial score (nSPS) is 16.8. The van der Waals surface area contributed by atoms with Gasteiger partial charge in [-0.15, -0.1) is 0 Å². The molecule has 0 aromatic heterocycles. The maximum Gasteiger partial charge on any atom is 0.221 e. The van der Waals surface area contributed by atoms with E-state index in [2.05, 4.69) is 5.32 Å². The molecule has 0 bridgehead atoms. The van der Waals surface area contributed by atoms with Crippen molar-refractivity contribution < 1.29 is 9.18 Å². The van der Waals surface area contributed by atoms with Crippen molar-refractivity contribution in [3.05, 3.63) is 24.0 Å². The maximum absolute atomic E-state index is 13.6. The third-order valence-electron chi connectivity index (χ3n) is 2.63. The Morgan fingerprint density at radius 3 is 2.94 bits per heavy atom. The molecule has 0 unspecified atom stereocenters. The number of nitrogens with one attached hydrogen (secondary N) is 1. The van der Waals surface area contributed by atoms with Crippen molar-refractivity contribution in [1.82, 2.24) is 5.32 Å². The van der Waals surface area contributed by atoms with E-state index in [1.807, 2.05) is 4.90 Å². The summed E-state index contributed by atoms with van der Waals surface area (Å²) in [6.07, 6.45) is 0.393. The van der Waals surface area contributed by atoms with Crippen LogP contribution in [0.25, 0.3) is 0 Å². The zero-order chi connectivity index (χ0) is 11.5. The molecule has 1 aromatic carbocycles. The highest BCUT2D eigenvalue weighted by Crippen LogP contribution is 2.22. The van der Waals surface area contributed by atoms with Gasteiger partial charge in [0.25, 0.3) is 0 Å². The molecule has 0 radical (unpaired) electrons. The van der Waals surface area contributed by atoms with Gasteiger partial charge < -0.3 is 16.0 Å². The van der Waals surface area contributed by atoms with Crippen LogP contribution in [0.1, 0.15) is 6.42 Å². The van der Waals surface area contributed by atoms with Crippen molar-refractivity contribution in [1.29, 1.82) is 0 Å². The van der Waals surface area contributed by atoms with Crippen LogP contribution >= 0.6 is 0 Å². The second-order valence-electron chi connectivity index (χ2n) is 3.80. The van der Waals surface area contributed by atoms with Crippen LogP contribution in [0.4, 0.5) is 15.8 Å². The number of anilines is 2. The van der Waals surface area contributed by atoms with E-state index < -0.39 is 0 Å². The molecule has 1 aliphatic heterocycles. The van der Waals surface area contributed by atoms with E-state index in [9.17, 15) is 9.18 Å². The van der Waals surface area contributed by atoms with Crippen molar-refractivity contribution in [2.75, 3.05) is 30.3 Å². The summed E-state index contributed by atoms with van der Waals surface area (Å²) < 4.78 is 13.6. The first-order valence-electron chi connectivity index (χ1n) is 5.23. The lowest BCUT2D eigenvalue weighted by atomic mass is 10.2. The third kappa shape index (κ3) is 2.24. The summed E-state index contributed by atoms with van der Waals surface area (Å²) in [4.78, 5) is 13.0. The van der Waals surface area contributed by atoms with Crippen LogP contribution in [0, 0.1) is 5.82 Å². The molecule has 86 valence electrons. The number of carbonyl (C=O) groups is 1. The Kier molecular flexibility index (Phi) is 2.94. The molecule has 16 heavy (non-hydrogen) atoms. The van der Waals surface area contributed by atoms with Crippen LogP contribution in [-0.2, 0) is 4.79 Å². The van der Waals surface area contributed by atoms with Gasteiger partial charge in [-0.25, -0.2) is 4.39 Å². The number of carbonyl (C=O) groups excluding carboxylic acids is 1. The van der Waals surface area contributed by atoms with Crippen molar-refractivity contribution in [3.63, 3.8) is 0 Å². The summed E-state index contributed by atoms with van der Waals surface area (Å²) in [6, 6.07) is 4.62. The molecule has 0 aliphatic carbocycles. The Labute approximate surface area is 93.2 Å². The monoisotopic (exact) mass is 223 g/mol. The number of nitrogen functional groups attached to an aromatic ring is 1. The summed E-state index contributed by atoms with van der Waals surface area (Å²) in [5.41, 5.74) is 6.40. The predicted octanol–water partition coefficient (Wildman–Crippen LogP) is 0.734. The van der Waals surface area contributed by atoms with E-state index in [4.69, 9.17) is 5.73 Å². The molecule has 5 heteroatoms. The van der Waals surface area contributed by atoms with Crippen LogP contribution in [-0.4, -0.2) is 25.5 Å². The standard InChI is InChI=1S/C11H14FN3O/c12-9-7-8(13)1-2-10(9)15-5-3-11(16)14-4-6-15/h1-2,7H,3-6,13H2,(H,14,16). The summed E-state index contributed by atoms with van der Waals surface area (Å²) in [5.74, 6) is -0.326. The van der Waals surface area contributed by atoms with E-state index in [1.54, 1.807) is 12.1 Å². The fourth-order valence-corrected chi connectivity index (χ4v) is 1.79. The van der Waals surface area contributed by atoms with Crippen LogP contribution in [0.3, 0.4) is 0 Å². The molecule has 1 amide bonds. The van der Waals surface area contributed by atoms with Crippen LogP contribution in [0.5, 0.6) is 0 Å². The highest BCUT2D eigenvalue weighted by atomic mass is 19.1. The smallest absolute Gasteiger partial charge is 0.221 e. The Bertz CT molecular complexity index is 408. The zero-order valence-electron chi connectivity index (χ0n) is 8.87. The largest absolute Gasteiger partial charge is 0.399 e. The van der Waals surface area contributed by atoms with Crippen molar-refractivity contribution in [3.8, 4) is 0 Å².